The maximum Gasteiger partial charge on any atom is 0.347 e. The number of nitrogens with zero attached hydrogens (tertiary/aromatic N) is 1. The second kappa shape index (κ2) is 6.88. The first-order chi connectivity index (χ1) is 10.9. The summed E-state index contributed by atoms with van der Waals surface area (Å²) in [6, 6.07) is 7.78. The molecule has 2 rings (SSSR count). The number of aromatic nitrogens is 1. The zero-order valence-electron chi connectivity index (χ0n) is 12.1. The first-order valence-electron chi connectivity index (χ1n) is 6.48. The Morgan fingerprint density at radius 1 is 0.957 bits per heavy atom. The normalized spacial score (nSPS) is 10.7. The number of sulfonamides is 1. The van der Waals surface area contributed by atoms with Crippen molar-refractivity contribution >= 4 is 22.0 Å². The first-order valence-corrected chi connectivity index (χ1v) is 7.96. The molecule has 0 radical (unpaired) electrons. The van der Waals surface area contributed by atoms with Crippen molar-refractivity contribution in [2.75, 3.05) is 0 Å². The first kappa shape index (κ1) is 16.4. The topological polar surface area (TPSA) is 117 Å². The Morgan fingerprint density at radius 3 is 2.17 bits per heavy atom. The number of rotatable bonds is 3. The Balaban J connectivity index is 1.94. The molecular weight excluding hydrogens is 320 g/mol. The van der Waals surface area contributed by atoms with Crippen molar-refractivity contribution < 1.29 is 18.0 Å². The van der Waals surface area contributed by atoms with E-state index in [-0.39, 0.29) is 10.5 Å². The quantitative estimate of drug-likeness (QED) is 0.715. The lowest BCUT2D eigenvalue weighted by Gasteiger charge is -2.09. The second-order valence-corrected chi connectivity index (χ2v) is 6.25. The van der Waals surface area contributed by atoms with E-state index in [4.69, 9.17) is 0 Å². The monoisotopic (exact) mass is 334 g/mol. The van der Waals surface area contributed by atoms with E-state index >= 15 is 0 Å². The van der Waals surface area contributed by atoms with Crippen LogP contribution in [0.15, 0.2) is 53.7 Å². The predicted octanol–water partition coefficient (Wildman–Crippen LogP) is 0.723. The highest BCUT2D eigenvalue weighted by atomic mass is 32.2. The molecule has 9 heteroatoms. The number of benzene rings is 1. The van der Waals surface area contributed by atoms with Crippen LogP contribution in [0, 0.1) is 6.92 Å². The molecule has 0 unspecified atom stereocenters. The Morgan fingerprint density at radius 2 is 1.57 bits per heavy atom. The van der Waals surface area contributed by atoms with E-state index in [1.54, 1.807) is 16.9 Å². The van der Waals surface area contributed by atoms with Gasteiger partial charge in [-0.05, 0) is 31.2 Å². The minimum Gasteiger partial charge on any atom is -0.267 e. The molecule has 3 amide bonds. The molecular formula is C14H14N4O4S. The number of pyridine rings is 1. The number of aryl methyl sites for hydroxylation is 1. The van der Waals surface area contributed by atoms with Crippen LogP contribution in [0.1, 0.15) is 15.9 Å². The largest absolute Gasteiger partial charge is 0.347 e. The Hall–Kier alpha value is -2.94. The van der Waals surface area contributed by atoms with Gasteiger partial charge in [0.2, 0.25) is 0 Å². The van der Waals surface area contributed by atoms with Crippen LogP contribution in [0.5, 0.6) is 0 Å². The predicted molar refractivity (Wildman–Crippen MR) is 81.7 cm³/mol. The van der Waals surface area contributed by atoms with Crippen LogP contribution in [-0.4, -0.2) is 25.3 Å². The van der Waals surface area contributed by atoms with E-state index in [9.17, 15) is 18.0 Å². The van der Waals surface area contributed by atoms with Crippen molar-refractivity contribution in [1.29, 1.82) is 0 Å². The SMILES string of the molecule is Cc1ccc(S(=O)(=O)NC(=O)NNC(=O)c2ccncc2)cc1. The molecule has 0 spiro atoms. The highest BCUT2D eigenvalue weighted by molar-refractivity contribution is 7.90. The summed E-state index contributed by atoms with van der Waals surface area (Å²) in [4.78, 5) is 27.0. The number of hydrogen-bond acceptors (Lipinski definition) is 5. The number of hydrazine groups is 1. The van der Waals surface area contributed by atoms with Gasteiger partial charge in [0.15, 0.2) is 0 Å². The van der Waals surface area contributed by atoms with Crippen molar-refractivity contribution in [2.24, 2.45) is 0 Å². The number of carbonyl (C=O) groups excluding carboxylic acids is 2. The zero-order valence-corrected chi connectivity index (χ0v) is 12.9. The van der Waals surface area contributed by atoms with Crippen LogP contribution in [0.3, 0.4) is 0 Å². The molecule has 1 heterocycles. The number of amides is 3. The van der Waals surface area contributed by atoms with Gasteiger partial charge in [0.1, 0.15) is 0 Å². The average molecular weight is 334 g/mol. The van der Waals surface area contributed by atoms with E-state index in [0.717, 1.165) is 5.56 Å². The summed E-state index contributed by atoms with van der Waals surface area (Å²) in [6.07, 6.45) is 2.83. The third-order valence-corrected chi connectivity index (χ3v) is 4.14. The minimum absolute atomic E-state index is 0.0567. The van der Waals surface area contributed by atoms with Crippen LogP contribution in [0.25, 0.3) is 0 Å². The van der Waals surface area contributed by atoms with E-state index in [1.807, 2.05) is 12.3 Å². The van der Waals surface area contributed by atoms with Crippen molar-refractivity contribution in [3.63, 3.8) is 0 Å². The summed E-state index contributed by atoms with van der Waals surface area (Å²) < 4.78 is 25.7. The minimum atomic E-state index is -4.01. The van der Waals surface area contributed by atoms with Gasteiger partial charge in [-0.25, -0.2) is 23.4 Å². The molecule has 3 N–H and O–H groups in total. The van der Waals surface area contributed by atoms with E-state index < -0.39 is 22.0 Å². The summed E-state index contributed by atoms with van der Waals surface area (Å²) in [7, 11) is -4.01. The fourth-order valence-corrected chi connectivity index (χ4v) is 2.52. The summed E-state index contributed by atoms with van der Waals surface area (Å²) in [5.41, 5.74) is 5.21. The zero-order chi connectivity index (χ0) is 16.9. The molecule has 2 aromatic rings. The number of urea groups is 1. The summed E-state index contributed by atoms with van der Waals surface area (Å²) in [6.45, 7) is 1.81. The van der Waals surface area contributed by atoms with Crippen LogP contribution in [0.4, 0.5) is 4.79 Å². The molecule has 8 nitrogen and oxygen atoms in total. The smallest absolute Gasteiger partial charge is 0.267 e. The molecule has 0 atom stereocenters. The molecule has 0 fully saturated rings. The van der Waals surface area contributed by atoms with Crippen molar-refractivity contribution in [1.82, 2.24) is 20.6 Å². The molecule has 0 saturated carbocycles. The lowest BCUT2D eigenvalue weighted by Crippen LogP contribution is -2.48. The van der Waals surface area contributed by atoms with Gasteiger partial charge in [0, 0.05) is 18.0 Å². The third kappa shape index (κ3) is 4.51. The van der Waals surface area contributed by atoms with Gasteiger partial charge in [0.05, 0.1) is 4.90 Å². The maximum absolute atomic E-state index is 12.0. The van der Waals surface area contributed by atoms with Crippen LogP contribution < -0.4 is 15.6 Å². The Bertz CT molecular complexity index is 804. The average Bonchev–Trinajstić information content (AvgIpc) is 2.53. The summed E-state index contributed by atoms with van der Waals surface area (Å²) >= 11 is 0. The highest BCUT2D eigenvalue weighted by Crippen LogP contribution is 2.09. The van der Waals surface area contributed by atoms with Crippen LogP contribution in [-0.2, 0) is 10.0 Å². The second-order valence-electron chi connectivity index (χ2n) is 4.56. The highest BCUT2D eigenvalue weighted by Gasteiger charge is 2.17. The number of hydrogen-bond donors (Lipinski definition) is 3. The molecule has 23 heavy (non-hydrogen) atoms. The van der Waals surface area contributed by atoms with Gasteiger partial charge in [0.25, 0.3) is 15.9 Å². The van der Waals surface area contributed by atoms with E-state index in [0.29, 0.717) is 0 Å². The van der Waals surface area contributed by atoms with Crippen LogP contribution in [0.2, 0.25) is 0 Å². The van der Waals surface area contributed by atoms with Crippen LogP contribution >= 0.6 is 0 Å². The summed E-state index contributed by atoms with van der Waals surface area (Å²) in [5.74, 6) is -0.602. The van der Waals surface area contributed by atoms with E-state index in [1.165, 1.54) is 36.7 Å². The molecule has 0 aliphatic heterocycles. The van der Waals surface area contributed by atoms with Crippen molar-refractivity contribution in [3.8, 4) is 0 Å². The van der Waals surface area contributed by atoms with Gasteiger partial charge in [-0.2, -0.15) is 0 Å². The maximum atomic E-state index is 12.0. The van der Waals surface area contributed by atoms with E-state index in [2.05, 4.69) is 10.4 Å². The van der Waals surface area contributed by atoms with Crippen molar-refractivity contribution in [3.05, 3.63) is 59.9 Å². The van der Waals surface area contributed by atoms with Gasteiger partial charge in [-0.15, -0.1) is 0 Å². The fraction of sp³-hybridized carbons (Fsp3) is 0.0714. The van der Waals surface area contributed by atoms with Gasteiger partial charge in [-0.3, -0.25) is 15.2 Å². The lowest BCUT2D eigenvalue weighted by atomic mass is 10.2. The van der Waals surface area contributed by atoms with Gasteiger partial charge in [-0.1, -0.05) is 17.7 Å². The fourth-order valence-electron chi connectivity index (χ4n) is 1.61. The standard InChI is InChI=1S/C14H14N4O4S/c1-10-2-4-12(5-3-10)23(21,22)18-14(20)17-16-13(19)11-6-8-15-9-7-11/h2-9H,1H3,(H,16,19)(H2,17,18,20). The van der Waals surface area contributed by atoms with Gasteiger partial charge < -0.3 is 0 Å². The van der Waals surface area contributed by atoms with Crippen molar-refractivity contribution in [2.45, 2.75) is 11.8 Å². The van der Waals surface area contributed by atoms with Gasteiger partial charge >= 0.3 is 6.03 Å². The molecule has 0 aliphatic rings. The lowest BCUT2D eigenvalue weighted by molar-refractivity contribution is 0.0936. The Kier molecular flexibility index (Phi) is 4.91. The molecule has 0 bridgehead atoms. The Labute approximate surface area is 133 Å². The summed E-state index contributed by atoms with van der Waals surface area (Å²) in [5, 5.41) is 0. The number of carbonyl (C=O) groups is 2. The molecule has 1 aromatic carbocycles. The molecule has 120 valence electrons. The third-order valence-electron chi connectivity index (χ3n) is 2.79. The number of nitrogens with one attached hydrogen (secondary N) is 3. The molecule has 0 aliphatic carbocycles. The molecule has 1 aromatic heterocycles. The molecule has 0 saturated heterocycles.